The van der Waals surface area contributed by atoms with Crippen molar-refractivity contribution >= 4 is 30.0 Å². The summed E-state index contributed by atoms with van der Waals surface area (Å²) in [6.07, 6.45) is 5.00. The van der Waals surface area contributed by atoms with Gasteiger partial charge in [0.15, 0.2) is 11.0 Å². The van der Waals surface area contributed by atoms with Crippen molar-refractivity contribution in [1.29, 1.82) is 0 Å². The Morgan fingerprint density at radius 1 is 1.11 bits per heavy atom. The van der Waals surface area contributed by atoms with E-state index in [0.29, 0.717) is 17.6 Å². The molecule has 0 aliphatic rings. The second-order valence-electron chi connectivity index (χ2n) is 7.42. The van der Waals surface area contributed by atoms with E-state index in [-0.39, 0.29) is 11.7 Å². The monoisotopic (exact) mass is 487 g/mol. The molecule has 0 saturated heterocycles. The molecular formula is C26H25N5O3S. The second-order valence-corrected chi connectivity index (χ2v) is 8.36. The molecule has 2 aromatic carbocycles. The molecule has 2 heterocycles. The Bertz CT molecular complexity index is 1300. The zero-order valence-corrected chi connectivity index (χ0v) is 20.2. The maximum absolute atomic E-state index is 12.4. The Labute approximate surface area is 207 Å². The van der Waals surface area contributed by atoms with E-state index in [1.54, 1.807) is 12.5 Å². The molecule has 0 aliphatic heterocycles. The molecule has 1 N–H and O–H groups in total. The number of allylic oxidation sites excluding steroid dienone is 1. The molecule has 0 saturated carbocycles. The van der Waals surface area contributed by atoms with Crippen LogP contribution in [0.1, 0.15) is 19.6 Å². The van der Waals surface area contributed by atoms with E-state index in [1.165, 1.54) is 11.8 Å². The number of rotatable bonds is 10. The lowest BCUT2D eigenvalue weighted by Crippen LogP contribution is -2.20. The van der Waals surface area contributed by atoms with E-state index in [1.807, 2.05) is 91.2 Å². The first-order valence-corrected chi connectivity index (χ1v) is 12.0. The summed E-state index contributed by atoms with van der Waals surface area (Å²) in [5, 5.41) is 13.4. The van der Waals surface area contributed by atoms with Crippen LogP contribution in [0, 0.1) is 0 Å². The van der Waals surface area contributed by atoms with Gasteiger partial charge in [-0.3, -0.25) is 9.36 Å². The highest BCUT2D eigenvalue weighted by atomic mass is 32.2. The predicted octanol–water partition coefficient (Wildman–Crippen LogP) is 5.22. The fraction of sp³-hybridized carbons (Fsp3) is 0.154. The molecule has 4 rings (SSSR count). The number of hydrazone groups is 1. The summed E-state index contributed by atoms with van der Waals surface area (Å²) >= 11 is 1.29. The van der Waals surface area contributed by atoms with Crippen LogP contribution in [0.5, 0.6) is 5.75 Å². The van der Waals surface area contributed by atoms with Crippen molar-refractivity contribution in [2.75, 3.05) is 12.4 Å². The SMILES string of the molecule is CCOc1ccc(-n2c(SCC(=O)N/N=C\C(C)=C\c3ccco3)nnc2-c2ccccc2)cc1. The van der Waals surface area contributed by atoms with Crippen LogP contribution in [0.3, 0.4) is 0 Å². The van der Waals surface area contributed by atoms with Gasteiger partial charge in [0.2, 0.25) is 0 Å². The van der Waals surface area contributed by atoms with Crippen LogP contribution in [0.4, 0.5) is 0 Å². The maximum atomic E-state index is 12.4. The number of thioether (sulfide) groups is 1. The maximum Gasteiger partial charge on any atom is 0.250 e. The van der Waals surface area contributed by atoms with Gasteiger partial charge in [0.05, 0.1) is 24.8 Å². The minimum absolute atomic E-state index is 0.127. The molecule has 2 aromatic heterocycles. The molecule has 35 heavy (non-hydrogen) atoms. The molecule has 0 fully saturated rings. The van der Waals surface area contributed by atoms with Crippen molar-refractivity contribution in [3.05, 3.63) is 84.3 Å². The average molecular weight is 488 g/mol. The standard InChI is InChI=1S/C26H25N5O3S/c1-3-33-22-13-11-21(12-14-22)31-25(20-8-5-4-6-9-20)29-30-26(31)35-18-24(32)28-27-17-19(2)16-23-10-7-15-34-23/h4-17H,3,18H2,1-2H3,(H,28,32)/b19-16+,27-17-. The third-order valence-electron chi connectivity index (χ3n) is 4.77. The minimum Gasteiger partial charge on any atom is -0.494 e. The number of nitrogens with one attached hydrogen (secondary N) is 1. The molecular weight excluding hydrogens is 462 g/mol. The zero-order valence-electron chi connectivity index (χ0n) is 19.4. The van der Waals surface area contributed by atoms with Gasteiger partial charge in [0.1, 0.15) is 11.5 Å². The summed E-state index contributed by atoms with van der Waals surface area (Å²) in [5.74, 6) is 2.07. The van der Waals surface area contributed by atoms with Crippen molar-refractivity contribution < 1.29 is 13.9 Å². The van der Waals surface area contributed by atoms with Crippen LogP contribution >= 0.6 is 11.8 Å². The van der Waals surface area contributed by atoms with Crippen LogP contribution in [0.2, 0.25) is 0 Å². The van der Waals surface area contributed by atoms with Crippen molar-refractivity contribution in [1.82, 2.24) is 20.2 Å². The number of carbonyl (C=O) groups excluding carboxylic acids is 1. The van der Waals surface area contributed by atoms with Crippen LogP contribution in [0.25, 0.3) is 23.2 Å². The zero-order chi connectivity index (χ0) is 24.5. The van der Waals surface area contributed by atoms with Gasteiger partial charge in [-0.2, -0.15) is 5.10 Å². The summed E-state index contributed by atoms with van der Waals surface area (Å²) in [6.45, 7) is 4.41. The van der Waals surface area contributed by atoms with E-state index in [4.69, 9.17) is 9.15 Å². The number of hydrogen-bond acceptors (Lipinski definition) is 7. The summed E-state index contributed by atoms with van der Waals surface area (Å²) in [7, 11) is 0. The van der Waals surface area contributed by atoms with Gasteiger partial charge in [0, 0.05) is 11.3 Å². The van der Waals surface area contributed by atoms with Gasteiger partial charge in [-0.15, -0.1) is 10.2 Å². The third-order valence-corrected chi connectivity index (χ3v) is 5.70. The first kappa shape index (κ1) is 24.0. The van der Waals surface area contributed by atoms with Crippen LogP contribution < -0.4 is 10.2 Å². The Kier molecular flexibility index (Phi) is 8.13. The minimum atomic E-state index is -0.250. The summed E-state index contributed by atoms with van der Waals surface area (Å²) < 4.78 is 12.8. The fourth-order valence-electron chi connectivity index (χ4n) is 3.23. The van der Waals surface area contributed by atoms with Gasteiger partial charge < -0.3 is 9.15 Å². The van der Waals surface area contributed by atoms with E-state index in [9.17, 15) is 4.79 Å². The normalized spacial score (nSPS) is 11.7. The lowest BCUT2D eigenvalue weighted by Gasteiger charge is -2.11. The molecule has 0 radical (unpaired) electrons. The van der Waals surface area contributed by atoms with Crippen LogP contribution in [-0.2, 0) is 4.79 Å². The summed E-state index contributed by atoms with van der Waals surface area (Å²) in [4.78, 5) is 12.4. The molecule has 8 nitrogen and oxygen atoms in total. The van der Waals surface area contributed by atoms with Gasteiger partial charge in [0.25, 0.3) is 5.91 Å². The number of benzene rings is 2. The number of hydrogen-bond donors (Lipinski definition) is 1. The molecule has 0 unspecified atom stereocenters. The smallest absolute Gasteiger partial charge is 0.250 e. The third kappa shape index (κ3) is 6.48. The van der Waals surface area contributed by atoms with Crippen LogP contribution in [0.15, 0.2) is 93.2 Å². The van der Waals surface area contributed by atoms with Gasteiger partial charge in [-0.05, 0) is 61.9 Å². The number of furan rings is 1. The van der Waals surface area contributed by atoms with E-state index in [0.717, 1.165) is 28.3 Å². The number of nitrogens with zero attached hydrogens (tertiary/aromatic N) is 4. The molecule has 178 valence electrons. The largest absolute Gasteiger partial charge is 0.494 e. The summed E-state index contributed by atoms with van der Waals surface area (Å²) in [6, 6.07) is 21.2. The predicted molar refractivity (Wildman–Crippen MR) is 138 cm³/mol. The quantitative estimate of drug-likeness (QED) is 0.187. The van der Waals surface area contributed by atoms with Crippen molar-refractivity contribution in [3.8, 4) is 22.8 Å². The van der Waals surface area contributed by atoms with Crippen molar-refractivity contribution in [2.45, 2.75) is 19.0 Å². The molecule has 0 bridgehead atoms. The first-order chi connectivity index (χ1) is 17.1. The van der Waals surface area contributed by atoms with E-state index >= 15 is 0 Å². The molecule has 4 aromatic rings. The highest BCUT2D eigenvalue weighted by molar-refractivity contribution is 7.99. The lowest BCUT2D eigenvalue weighted by atomic mass is 10.2. The molecule has 1 amide bonds. The van der Waals surface area contributed by atoms with E-state index in [2.05, 4.69) is 20.7 Å². The first-order valence-electron chi connectivity index (χ1n) is 11.0. The number of carbonyl (C=O) groups is 1. The van der Waals surface area contributed by atoms with Crippen LogP contribution in [-0.4, -0.2) is 39.2 Å². The highest BCUT2D eigenvalue weighted by Crippen LogP contribution is 2.28. The van der Waals surface area contributed by atoms with Gasteiger partial charge in [-0.25, -0.2) is 5.43 Å². The average Bonchev–Trinajstić information content (AvgIpc) is 3.54. The number of amides is 1. The Morgan fingerprint density at radius 3 is 2.63 bits per heavy atom. The highest BCUT2D eigenvalue weighted by Gasteiger charge is 2.17. The fourth-order valence-corrected chi connectivity index (χ4v) is 3.98. The van der Waals surface area contributed by atoms with Gasteiger partial charge in [-0.1, -0.05) is 42.1 Å². The number of aromatic nitrogens is 3. The summed E-state index contributed by atoms with van der Waals surface area (Å²) in [5.41, 5.74) is 5.19. The Balaban J connectivity index is 1.47. The lowest BCUT2D eigenvalue weighted by molar-refractivity contribution is -0.118. The Hall–Kier alpha value is -4.11. The Morgan fingerprint density at radius 2 is 1.91 bits per heavy atom. The van der Waals surface area contributed by atoms with Crippen molar-refractivity contribution in [3.63, 3.8) is 0 Å². The topological polar surface area (TPSA) is 94.5 Å². The molecule has 0 atom stereocenters. The van der Waals surface area contributed by atoms with E-state index < -0.39 is 0 Å². The molecule has 0 spiro atoms. The molecule has 0 aliphatic carbocycles. The second kappa shape index (κ2) is 11.8. The van der Waals surface area contributed by atoms with Gasteiger partial charge >= 0.3 is 0 Å². The number of ether oxygens (including phenoxy) is 1. The molecule has 9 heteroatoms. The van der Waals surface area contributed by atoms with Crippen molar-refractivity contribution in [2.24, 2.45) is 5.10 Å².